The minimum Gasteiger partial charge on any atom is -0.482 e. The van der Waals surface area contributed by atoms with Crippen molar-refractivity contribution in [3.63, 3.8) is 0 Å². The van der Waals surface area contributed by atoms with Crippen molar-refractivity contribution < 1.29 is 23.4 Å². The Morgan fingerprint density at radius 1 is 1.20 bits per heavy atom. The van der Waals surface area contributed by atoms with Gasteiger partial charge in [-0.1, -0.05) is 12.1 Å². The maximum atomic E-state index is 13.2. The van der Waals surface area contributed by atoms with Crippen LogP contribution in [0, 0.1) is 11.6 Å². The summed E-state index contributed by atoms with van der Waals surface area (Å²) in [5.41, 5.74) is 1.79. The molecule has 0 fully saturated rings. The number of halogens is 2. The van der Waals surface area contributed by atoms with E-state index in [9.17, 15) is 18.7 Å². The molecule has 0 aromatic heterocycles. The number of carbonyl (C=O) groups is 1. The first-order chi connectivity index (χ1) is 11.9. The molecule has 2 unspecified atom stereocenters. The van der Waals surface area contributed by atoms with E-state index in [0.717, 1.165) is 17.7 Å². The second-order valence-electron chi connectivity index (χ2n) is 5.91. The van der Waals surface area contributed by atoms with Gasteiger partial charge in [-0.15, -0.1) is 0 Å². The molecule has 7 heteroatoms. The molecule has 0 spiro atoms. The zero-order chi connectivity index (χ0) is 18.0. The number of carbonyl (C=O) groups excluding carboxylic acids is 1. The third kappa shape index (κ3) is 3.94. The van der Waals surface area contributed by atoms with Crippen molar-refractivity contribution in [2.45, 2.75) is 19.1 Å². The summed E-state index contributed by atoms with van der Waals surface area (Å²) in [5.74, 6) is -1.54. The van der Waals surface area contributed by atoms with E-state index in [4.69, 9.17) is 4.74 Å². The molecule has 5 nitrogen and oxygen atoms in total. The van der Waals surface area contributed by atoms with Crippen LogP contribution >= 0.6 is 0 Å². The van der Waals surface area contributed by atoms with E-state index >= 15 is 0 Å². The van der Waals surface area contributed by atoms with Gasteiger partial charge in [0.1, 0.15) is 5.75 Å². The summed E-state index contributed by atoms with van der Waals surface area (Å²) in [6.45, 7) is 2.05. The van der Waals surface area contributed by atoms with Gasteiger partial charge in [0, 0.05) is 12.6 Å². The van der Waals surface area contributed by atoms with E-state index in [1.807, 2.05) is 13.0 Å². The molecule has 0 radical (unpaired) electrons. The first-order valence-corrected chi connectivity index (χ1v) is 7.87. The topological polar surface area (TPSA) is 70.6 Å². The standard InChI is InChI=1S/C18H18F2N2O3/c1-10(11-3-5-17-15(7-11)22-18(24)9-25-17)21-8-16(23)12-2-4-13(19)14(20)6-12/h2-7,10,16,21,23H,8-9H2,1H3,(H,22,24). The minimum atomic E-state index is -0.991. The van der Waals surface area contributed by atoms with E-state index in [1.54, 1.807) is 12.1 Å². The summed E-state index contributed by atoms with van der Waals surface area (Å²) in [7, 11) is 0. The van der Waals surface area contributed by atoms with Crippen LogP contribution in [0.4, 0.5) is 14.5 Å². The Balaban J connectivity index is 1.64. The van der Waals surface area contributed by atoms with Crippen molar-refractivity contribution in [3.05, 3.63) is 59.2 Å². The highest BCUT2D eigenvalue weighted by Crippen LogP contribution is 2.30. The normalized spacial score (nSPS) is 15.8. The molecule has 1 heterocycles. The number of rotatable bonds is 5. The lowest BCUT2D eigenvalue weighted by molar-refractivity contribution is -0.118. The highest BCUT2D eigenvalue weighted by Gasteiger charge is 2.18. The van der Waals surface area contributed by atoms with Gasteiger partial charge in [0.05, 0.1) is 11.8 Å². The Morgan fingerprint density at radius 2 is 1.96 bits per heavy atom. The van der Waals surface area contributed by atoms with Crippen LogP contribution < -0.4 is 15.4 Å². The fourth-order valence-corrected chi connectivity index (χ4v) is 2.61. The second-order valence-corrected chi connectivity index (χ2v) is 5.91. The van der Waals surface area contributed by atoms with Gasteiger partial charge in [-0.2, -0.15) is 0 Å². The zero-order valence-electron chi connectivity index (χ0n) is 13.6. The number of aliphatic hydroxyl groups excluding tert-OH is 1. The van der Waals surface area contributed by atoms with Crippen LogP contribution in [0.5, 0.6) is 5.75 Å². The third-order valence-electron chi connectivity index (χ3n) is 4.08. The average molecular weight is 348 g/mol. The van der Waals surface area contributed by atoms with Crippen LogP contribution in [-0.4, -0.2) is 24.2 Å². The SMILES string of the molecule is CC(NCC(O)c1ccc(F)c(F)c1)c1ccc2c(c1)NC(=O)CO2. The Kier molecular flexibility index (Phi) is 4.96. The summed E-state index contributed by atoms with van der Waals surface area (Å²) in [5, 5.41) is 16.0. The fraction of sp³-hybridized carbons (Fsp3) is 0.278. The lowest BCUT2D eigenvalue weighted by atomic mass is 10.0. The lowest BCUT2D eigenvalue weighted by Gasteiger charge is -2.22. The Bertz CT molecular complexity index is 798. The van der Waals surface area contributed by atoms with Crippen molar-refractivity contribution in [1.29, 1.82) is 0 Å². The van der Waals surface area contributed by atoms with Crippen LogP contribution in [0.15, 0.2) is 36.4 Å². The number of nitrogens with one attached hydrogen (secondary N) is 2. The molecule has 1 aliphatic heterocycles. The number of ether oxygens (including phenoxy) is 1. The molecule has 3 N–H and O–H groups in total. The first-order valence-electron chi connectivity index (χ1n) is 7.87. The zero-order valence-corrected chi connectivity index (χ0v) is 13.6. The van der Waals surface area contributed by atoms with Gasteiger partial charge >= 0.3 is 0 Å². The first kappa shape index (κ1) is 17.3. The van der Waals surface area contributed by atoms with Crippen LogP contribution in [0.3, 0.4) is 0 Å². The molecule has 132 valence electrons. The number of anilines is 1. The van der Waals surface area contributed by atoms with E-state index in [0.29, 0.717) is 17.0 Å². The monoisotopic (exact) mass is 348 g/mol. The highest BCUT2D eigenvalue weighted by molar-refractivity contribution is 5.95. The van der Waals surface area contributed by atoms with Gasteiger partial charge in [0.2, 0.25) is 0 Å². The van der Waals surface area contributed by atoms with Gasteiger partial charge in [-0.3, -0.25) is 4.79 Å². The van der Waals surface area contributed by atoms with Crippen LogP contribution in [-0.2, 0) is 4.79 Å². The average Bonchev–Trinajstić information content (AvgIpc) is 2.61. The third-order valence-corrected chi connectivity index (χ3v) is 4.08. The molecule has 3 rings (SSSR count). The smallest absolute Gasteiger partial charge is 0.262 e. The van der Waals surface area contributed by atoms with E-state index in [-0.39, 0.29) is 25.1 Å². The maximum Gasteiger partial charge on any atom is 0.262 e. The van der Waals surface area contributed by atoms with Crippen molar-refractivity contribution in [3.8, 4) is 5.75 Å². The Hall–Kier alpha value is -2.51. The highest BCUT2D eigenvalue weighted by atomic mass is 19.2. The minimum absolute atomic E-state index is 0.000568. The lowest BCUT2D eigenvalue weighted by Crippen LogP contribution is -2.27. The predicted octanol–water partition coefficient (Wildman–Crippen LogP) is 2.68. The molecule has 2 atom stereocenters. The quantitative estimate of drug-likeness (QED) is 0.777. The van der Waals surface area contributed by atoms with Crippen molar-refractivity contribution in [2.24, 2.45) is 0 Å². The summed E-state index contributed by atoms with van der Waals surface area (Å²) in [4.78, 5) is 11.4. The number of benzene rings is 2. The van der Waals surface area contributed by atoms with Gasteiger partial charge in [-0.25, -0.2) is 8.78 Å². The molecule has 2 aromatic rings. The van der Waals surface area contributed by atoms with Crippen LogP contribution in [0.2, 0.25) is 0 Å². The molecular weight excluding hydrogens is 330 g/mol. The predicted molar refractivity (Wildman–Crippen MR) is 88.3 cm³/mol. The number of fused-ring (bicyclic) bond motifs is 1. The molecule has 25 heavy (non-hydrogen) atoms. The van der Waals surface area contributed by atoms with Gasteiger partial charge in [0.15, 0.2) is 18.2 Å². The molecule has 1 amide bonds. The van der Waals surface area contributed by atoms with Gasteiger partial charge < -0.3 is 20.5 Å². The summed E-state index contributed by atoms with van der Waals surface area (Å²) < 4.78 is 31.5. The van der Waals surface area contributed by atoms with E-state index < -0.39 is 17.7 Å². The Morgan fingerprint density at radius 3 is 2.72 bits per heavy atom. The van der Waals surface area contributed by atoms with Crippen molar-refractivity contribution in [2.75, 3.05) is 18.5 Å². The number of hydrogen-bond acceptors (Lipinski definition) is 4. The fourth-order valence-electron chi connectivity index (χ4n) is 2.61. The summed E-state index contributed by atoms with van der Waals surface area (Å²) in [6, 6.07) is 8.62. The number of amides is 1. The van der Waals surface area contributed by atoms with Crippen molar-refractivity contribution >= 4 is 11.6 Å². The summed E-state index contributed by atoms with van der Waals surface area (Å²) in [6.07, 6.45) is -0.974. The molecule has 1 aliphatic rings. The van der Waals surface area contributed by atoms with Crippen LogP contribution in [0.1, 0.15) is 30.2 Å². The molecule has 0 aliphatic carbocycles. The molecule has 0 bridgehead atoms. The maximum absolute atomic E-state index is 13.2. The molecule has 0 saturated heterocycles. The van der Waals surface area contributed by atoms with Crippen LogP contribution in [0.25, 0.3) is 0 Å². The Labute approximate surface area is 143 Å². The molecule has 2 aromatic carbocycles. The molecular formula is C18H18F2N2O3. The van der Waals surface area contributed by atoms with Gasteiger partial charge in [-0.05, 0) is 42.3 Å². The summed E-state index contributed by atoms with van der Waals surface area (Å²) >= 11 is 0. The second kappa shape index (κ2) is 7.16. The van der Waals surface area contributed by atoms with E-state index in [1.165, 1.54) is 6.07 Å². The largest absolute Gasteiger partial charge is 0.482 e. The molecule has 0 saturated carbocycles. The number of hydrogen-bond donors (Lipinski definition) is 3. The van der Waals surface area contributed by atoms with E-state index in [2.05, 4.69) is 10.6 Å². The van der Waals surface area contributed by atoms with Gasteiger partial charge in [0.25, 0.3) is 5.91 Å². The van der Waals surface area contributed by atoms with Crippen molar-refractivity contribution in [1.82, 2.24) is 5.32 Å². The number of aliphatic hydroxyl groups is 1.